The minimum absolute atomic E-state index is 0.579. The van der Waals surface area contributed by atoms with Gasteiger partial charge in [-0.1, -0.05) is 15.9 Å². The van der Waals surface area contributed by atoms with Gasteiger partial charge >= 0.3 is 0 Å². The first-order valence-corrected chi connectivity index (χ1v) is 8.40. The first-order valence-electron chi connectivity index (χ1n) is 5.28. The summed E-state index contributed by atoms with van der Waals surface area (Å²) in [6.45, 7) is 3.22. The zero-order valence-corrected chi connectivity index (χ0v) is 13.9. The molecule has 0 fully saturated rings. The lowest BCUT2D eigenvalue weighted by atomic mass is 10.0. The van der Waals surface area contributed by atoms with Crippen molar-refractivity contribution in [2.24, 2.45) is 0 Å². The van der Waals surface area contributed by atoms with Crippen molar-refractivity contribution in [2.45, 2.75) is 24.0 Å². The summed E-state index contributed by atoms with van der Waals surface area (Å²) in [5, 5.41) is -0.694. The highest BCUT2D eigenvalue weighted by molar-refractivity contribution is 9.10. The van der Waals surface area contributed by atoms with Gasteiger partial charge < -0.3 is 4.74 Å². The van der Waals surface area contributed by atoms with Crippen molar-refractivity contribution in [3.8, 4) is 5.75 Å². The summed E-state index contributed by atoms with van der Waals surface area (Å²) in [6, 6.07) is 5.36. The molecule has 1 atom stereocenters. The van der Waals surface area contributed by atoms with Crippen LogP contribution < -0.4 is 4.74 Å². The van der Waals surface area contributed by atoms with Crippen LogP contribution in [-0.2, 0) is 9.84 Å². The molecule has 1 aromatic rings. The van der Waals surface area contributed by atoms with E-state index in [0.29, 0.717) is 11.3 Å². The van der Waals surface area contributed by atoms with Gasteiger partial charge in [0, 0.05) is 16.3 Å². The predicted molar refractivity (Wildman–Crippen MR) is 78.2 cm³/mol. The van der Waals surface area contributed by atoms with Crippen molar-refractivity contribution < 1.29 is 13.2 Å². The van der Waals surface area contributed by atoms with E-state index in [1.807, 2.05) is 6.07 Å². The Bertz CT molecular complexity index is 540. The Kier molecular flexibility index (Phi) is 4.73. The minimum atomic E-state index is -3.29. The summed E-state index contributed by atoms with van der Waals surface area (Å²) in [7, 11) is -1.76. The smallest absolute Gasteiger partial charge is 0.154 e. The third-order valence-corrected chi connectivity index (χ3v) is 6.58. The maximum atomic E-state index is 11.8. The zero-order valence-electron chi connectivity index (χ0n) is 10.7. The molecule has 102 valence electrons. The number of hydrogen-bond acceptors (Lipinski definition) is 3. The van der Waals surface area contributed by atoms with Gasteiger partial charge in [0.2, 0.25) is 0 Å². The number of alkyl halides is 1. The molecule has 0 aliphatic carbocycles. The molecular formula is C12H16BrClO3S. The first kappa shape index (κ1) is 15.8. The van der Waals surface area contributed by atoms with Gasteiger partial charge in [0.25, 0.3) is 0 Å². The van der Waals surface area contributed by atoms with Crippen LogP contribution in [0.2, 0.25) is 0 Å². The average molecular weight is 356 g/mol. The van der Waals surface area contributed by atoms with Crippen molar-refractivity contribution in [3.63, 3.8) is 0 Å². The third kappa shape index (κ3) is 3.00. The first-order chi connectivity index (χ1) is 8.11. The van der Waals surface area contributed by atoms with Gasteiger partial charge in [-0.15, -0.1) is 11.6 Å². The number of sulfone groups is 1. The summed E-state index contributed by atoms with van der Waals surface area (Å²) >= 11 is 9.71. The van der Waals surface area contributed by atoms with Crippen LogP contribution >= 0.6 is 27.5 Å². The number of halogens is 2. The topological polar surface area (TPSA) is 43.4 Å². The molecule has 0 aliphatic rings. The van der Waals surface area contributed by atoms with E-state index in [0.717, 1.165) is 4.47 Å². The van der Waals surface area contributed by atoms with Crippen LogP contribution in [0.3, 0.4) is 0 Å². The second-order valence-corrected chi connectivity index (χ2v) is 8.57. The molecule has 0 N–H and O–H groups in total. The Labute approximate surface area is 122 Å². The van der Waals surface area contributed by atoms with Gasteiger partial charge in [0.05, 0.1) is 17.2 Å². The van der Waals surface area contributed by atoms with Crippen LogP contribution in [0.4, 0.5) is 0 Å². The predicted octanol–water partition coefficient (Wildman–Crippen LogP) is 3.56. The van der Waals surface area contributed by atoms with Crippen LogP contribution in [0.15, 0.2) is 22.7 Å². The van der Waals surface area contributed by atoms with Gasteiger partial charge in [-0.25, -0.2) is 8.42 Å². The molecule has 0 spiro atoms. The lowest BCUT2D eigenvalue weighted by Gasteiger charge is -2.29. The molecule has 6 heteroatoms. The molecule has 3 nitrogen and oxygen atoms in total. The summed E-state index contributed by atoms with van der Waals surface area (Å²) in [5.74, 6) is 0.579. The van der Waals surface area contributed by atoms with Crippen LogP contribution in [0.5, 0.6) is 5.75 Å². The molecule has 0 amide bonds. The molecule has 18 heavy (non-hydrogen) atoms. The quantitative estimate of drug-likeness (QED) is 0.776. The van der Waals surface area contributed by atoms with E-state index < -0.39 is 20.0 Å². The van der Waals surface area contributed by atoms with E-state index in [4.69, 9.17) is 16.3 Å². The highest BCUT2D eigenvalue weighted by Gasteiger charge is 2.40. The molecule has 0 heterocycles. The fourth-order valence-electron chi connectivity index (χ4n) is 1.47. The fraction of sp³-hybridized carbons (Fsp3) is 0.500. The molecule has 1 unspecified atom stereocenters. The monoisotopic (exact) mass is 354 g/mol. The standard InChI is InChI=1S/C12H16BrClO3S/c1-12(2,18(4,15)16)11(14)9-7-8(13)5-6-10(9)17-3/h5-7,11H,1-4H3. The Morgan fingerprint density at radius 1 is 1.39 bits per heavy atom. The van der Waals surface area contributed by atoms with Crippen molar-refractivity contribution in [1.82, 2.24) is 0 Å². The van der Waals surface area contributed by atoms with Crippen molar-refractivity contribution in [2.75, 3.05) is 13.4 Å². The molecule has 0 radical (unpaired) electrons. The van der Waals surface area contributed by atoms with Crippen LogP contribution in [-0.4, -0.2) is 26.5 Å². The summed E-state index contributed by atoms with van der Waals surface area (Å²) < 4.78 is 28.6. The second-order valence-electron chi connectivity index (χ2n) is 4.62. The van der Waals surface area contributed by atoms with Crippen molar-refractivity contribution in [1.29, 1.82) is 0 Å². The third-order valence-electron chi connectivity index (χ3n) is 3.03. The maximum Gasteiger partial charge on any atom is 0.154 e. The molecule has 0 saturated heterocycles. The Balaban J connectivity index is 3.35. The molecular weight excluding hydrogens is 340 g/mol. The van der Waals surface area contributed by atoms with Crippen molar-refractivity contribution in [3.05, 3.63) is 28.2 Å². The Morgan fingerprint density at radius 2 is 1.94 bits per heavy atom. The molecule has 0 bridgehead atoms. The Hall–Kier alpha value is -0.260. The van der Waals surface area contributed by atoms with Gasteiger partial charge in [0.15, 0.2) is 9.84 Å². The van der Waals surface area contributed by atoms with Gasteiger partial charge in [-0.3, -0.25) is 0 Å². The van der Waals surface area contributed by atoms with Crippen LogP contribution in [0, 0.1) is 0 Å². The number of benzene rings is 1. The molecule has 0 aromatic heterocycles. The van der Waals surface area contributed by atoms with Gasteiger partial charge in [0.1, 0.15) is 5.75 Å². The molecule has 1 aromatic carbocycles. The fourth-order valence-corrected chi connectivity index (χ4v) is 3.00. The van der Waals surface area contributed by atoms with E-state index in [1.165, 1.54) is 13.4 Å². The summed E-state index contributed by atoms with van der Waals surface area (Å²) in [5.41, 5.74) is 0.656. The highest BCUT2D eigenvalue weighted by atomic mass is 79.9. The van der Waals surface area contributed by atoms with Gasteiger partial charge in [-0.2, -0.15) is 0 Å². The summed E-state index contributed by atoms with van der Waals surface area (Å²) in [4.78, 5) is 0. The van der Waals surface area contributed by atoms with Gasteiger partial charge in [-0.05, 0) is 32.0 Å². The van der Waals surface area contributed by atoms with Crippen LogP contribution in [0.1, 0.15) is 24.8 Å². The Morgan fingerprint density at radius 3 is 2.39 bits per heavy atom. The molecule has 0 aliphatic heterocycles. The van der Waals surface area contributed by atoms with Crippen molar-refractivity contribution >= 4 is 37.4 Å². The van der Waals surface area contributed by atoms with E-state index in [1.54, 1.807) is 26.0 Å². The maximum absolute atomic E-state index is 11.8. The number of hydrogen-bond donors (Lipinski definition) is 0. The largest absolute Gasteiger partial charge is 0.496 e. The second kappa shape index (κ2) is 5.39. The normalized spacial score (nSPS) is 14.3. The van der Waals surface area contributed by atoms with Crippen LogP contribution in [0.25, 0.3) is 0 Å². The lowest BCUT2D eigenvalue weighted by Crippen LogP contribution is -2.35. The van der Waals surface area contributed by atoms with E-state index in [2.05, 4.69) is 15.9 Å². The van der Waals surface area contributed by atoms with E-state index in [-0.39, 0.29) is 0 Å². The SMILES string of the molecule is COc1ccc(Br)cc1C(Cl)C(C)(C)S(C)(=O)=O. The van der Waals surface area contributed by atoms with E-state index in [9.17, 15) is 8.42 Å². The highest BCUT2D eigenvalue weighted by Crippen LogP contribution is 2.42. The zero-order chi connectivity index (χ0) is 14.1. The lowest BCUT2D eigenvalue weighted by molar-refractivity contribution is 0.406. The average Bonchev–Trinajstić information content (AvgIpc) is 2.26. The number of rotatable bonds is 4. The minimum Gasteiger partial charge on any atom is -0.496 e. The molecule has 0 saturated carbocycles. The van der Waals surface area contributed by atoms with E-state index >= 15 is 0 Å². The number of ether oxygens (including phenoxy) is 1. The summed E-state index contributed by atoms with van der Waals surface area (Å²) in [6.07, 6.45) is 1.19. The molecule has 1 rings (SSSR count). The number of methoxy groups -OCH3 is 1.